The number of carbonyl (C=O) groups is 2. The molecule has 0 spiro atoms. The van der Waals surface area contributed by atoms with Gasteiger partial charge in [-0.1, -0.05) is 29.8 Å². The molecule has 7 nitrogen and oxygen atoms in total. The van der Waals surface area contributed by atoms with Gasteiger partial charge in [-0.25, -0.2) is 0 Å². The molecule has 2 atom stereocenters. The fraction of sp³-hybridized carbons (Fsp3) is 0.600. The van der Waals surface area contributed by atoms with Gasteiger partial charge in [-0.15, -0.1) is 16.4 Å². The zero-order chi connectivity index (χ0) is 20.1. The summed E-state index contributed by atoms with van der Waals surface area (Å²) in [6.07, 6.45) is 7.30. The predicted molar refractivity (Wildman–Crippen MR) is 112 cm³/mol. The average Bonchev–Trinajstić information content (AvgIpc) is 3.51. The summed E-state index contributed by atoms with van der Waals surface area (Å²) in [5.74, 6) is -0.389. The quantitative estimate of drug-likeness (QED) is 0.722. The summed E-state index contributed by atoms with van der Waals surface area (Å²) in [6, 6.07) is 3.33. The Morgan fingerprint density at radius 2 is 2.10 bits per heavy atom. The van der Waals surface area contributed by atoms with Gasteiger partial charge >= 0.3 is 0 Å². The number of aromatic nitrogens is 2. The molecule has 2 aromatic rings. The third kappa shape index (κ3) is 5.02. The number of hydrogen-bond acceptors (Lipinski definition) is 7. The fourth-order valence-electron chi connectivity index (χ4n) is 4.12. The highest BCUT2D eigenvalue weighted by Gasteiger charge is 2.37. The van der Waals surface area contributed by atoms with E-state index < -0.39 is 6.04 Å². The van der Waals surface area contributed by atoms with Gasteiger partial charge in [0, 0.05) is 29.5 Å². The van der Waals surface area contributed by atoms with E-state index in [4.69, 9.17) is 4.74 Å². The number of thiophene rings is 1. The zero-order valence-corrected chi connectivity index (χ0v) is 17.9. The minimum atomic E-state index is -0.685. The normalized spacial score (nSPS) is 21.0. The van der Waals surface area contributed by atoms with Crippen LogP contribution in [0, 0.1) is 0 Å². The SMILES string of the molecule is O=C(NC1CCCCC1)[C@H](c1cccs1)N(C[C@@H]1CCCO1)C(=O)c1csnn1. The summed E-state index contributed by atoms with van der Waals surface area (Å²) in [6.45, 7) is 1.07. The second-order valence-corrected chi connectivity index (χ2v) is 9.23. The summed E-state index contributed by atoms with van der Waals surface area (Å²) >= 11 is 2.63. The van der Waals surface area contributed by atoms with Gasteiger partial charge < -0.3 is 15.0 Å². The van der Waals surface area contributed by atoms with E-state index in [-0.39, 0.29) is 29.7 Å². The van der Waals surface area contributed by atoms with Crippen LogP contribution in [0.4, 0.5) is 0 Å². The lowest BCUT2D eigenvalue weighted by Crippen LogP contribution is -2.49. The lowest BCUT2D eigenvalue weighted by molar-refractivity contribution is -0.127. The lowest BCUT2D eigenvalue weighted by atomic mass is 9.95. The molecule has 2 aliphatic rings. The van der Waals surface area contributed by atoms with E-state index >= 15 is 0 Å². The Morgan fingerprint density at radius 3 is 2.76 bits per heavy atom. The van der Waals surface area contributed by atoms with Crippen molar-refractivity contribution >= 4 is 34.7 Å². The number of ether oxygens (including phenoxy) is 1. The molecule has 1 N–H and O–H groups in total. The van der Waals surface area contributed by atoms with Gasteiger partial charge in [0.15, 0.2) is 5.69 Å². The topological polar surface area (TPSA) is 84.4 Å². The molecular formula is C20H26N4O3S2. The van der Waals surface area contributed by atoms with Crippen LogP contribution < -0.4 is 5.32 Å². The third-order valence-electron chi connectivity index (χ3n) is 5.59. The Kier molecular flexibility index (Phi) is 6.89. The monoisotopic (exact) mass is 434 g/mol. The van der Waals surface area contributed by atoms with E-state index in [2.05, 4.69) is 14.9 Å². The van der Waals surface area contributed by atoms with Crippen molar-refractivity contribution in [1.82, 2.24) is 19.8 Å². The van der Waals surface area contributed by atoms with E-state index in [0.717, 1.165) is 54.9 Å². The highest BCUT2D eigenvalue weighted by Crippen LogP contribution is 2.30. The van der Waals surface area contributed by atoms with Crippen molar-refractivity contribution in [2.75, 3.05) is 13.2 Å². The second-order valence-electron chi connectivity index (χ2n) is 7.64. The third-order valence-corrected chi connectivity index (χ3v) is 7.02. The van der Waals surface area contributed by atoms with Crippen molar-refractivity contribution < 1.29 is 14.3 Å². The van der Waals surface area contributed by atoms with Crippen LogP contribution in [-0.2, 0) is 9.53 Å². The summed E-state index contributed by atoms with van der Waals surface area (Å²) in [4.78, 5) is 29.2. The van der Waals surface area contributed by atoms with Gasteiger partial charge in [0.05, 0.1) is 6.10 Å². The van der Waals surface area contributed by atoms with Crippen molar-refractivity contribution in [3.05, 3.63) is 33.5 Å². The van der Waals surface area contributed by atoms with Crippen molar-refractivity contribution in [2.45, 2.75) is 63.1 Å². The van der Waals surface area contributed by atoms with E-state index in [9.17, 15) is 9.59 Å². The average molecular weight is 435 g/mol. The maximum atomic E-state index is 13.4. The van der Waals surface area contributed by atoms with Gasteiger partial charge in [-0.2, -0.15) is 0 Å². The van der Waals surface area contributed by atoms with Crippen LogP contribution in [0.3, 0.4) is 0 Å². The van der Waals surface area contributed by atoms with E-state index in [1.54, 1.807) is 10.3 Å². The highest BCUT2D eigenvalue weighted by molar-refractivity contribution is 7.10. The molecule has 1 saturated heterocycles. The second kappa shape index (κ2) is 9.77. The first kappa shape index (κ1) is 20.4. The van der Waals surface area contributed by atoms with Crippen LogP contribution >= 0.6 is 22.9 Å². The molecular weight excluding hydrogens is 408 g/mol. The first-order valence-electron chi connectivity index (χ1n) is 10.3. The molecule has 2 amide bonds. The van der Waals surface area contributed by atoms with Gasteiger partial charge in [0.1, 0.15) is 6.04 Å². The smallest absolute Gasteiger partial charge is 0.276 e. The molecule has 29 heavy (non-hydrogen) atoms. The predicted octanol–water partition coefficient (Wildman–Crippen LogP) is 3.41. The van der Waals surface area contributed by atoms with Crippen molar-refractivity contribution in [2.24, 2.45) is 0 Å². The minimum absolute atomic E-state index is 0.0597. The van der Waals surface area contributed by atoms with E-state index in [1.807, 2.05) is 17.5 Å². The molecule has 3 heterocycles. The van der Waals surface area contributed by atoms with E-state index in [0.29, 0.717) is 13.2 Å². The standard InChI is InChI=1S/C20H26N4O3S2/c25-19(21-14-6-2-1-3-7-14)18(17-9-5-11-28-17)24(12-15-8-4-10-27-15)20(26)16-13-29-23-22-16/h5,9,11,13-15,18H,1-4,6-8,10,12H2,(H,21,25)/t15-,18-/m0/s1. The first-order valence-corrected chi connectivity index (χ1v) is 12.0. The molecule has 0 bridgehead atoms. The van der Waals surface area contributed by atoms with Gasteiger partial charge in [0.25, 0.3) is 5.91 Å². The van der Waals surface area contributed by atoms with E-state index in [1.165, 1.54) is 17.8 Å². The fourth-order valence-corrected chi connectivity index (χ4v) is 5.38. The molecule has 156 valence electrons. The molecule has 1 aliphatic carbocycles. The lowest BCUT2D eigenvalue weighted by Gasteiger charge is -2.33. The number of nitrogens with one attached hydrogen (secondary N) is 1. The van der Waals surface area contributed by atoms with Crippen LogP contribution in [0.1, 0.15) is 66.4 Å². The molecule has 4 rings (SSSR count). The molecule has 1 saturated carbocycles. The highest BCUT2D eigenvalue weighted by atomic mass is 32.1. The Labute approximate surface area is 178 Å². The van der Waals surface area contributed by atoms with Crippen molar-refractivity contribution in [1.29, 1.82) is 0 Å². The van der Waals surface area contributed by atoms with Crippen LogP contribution in [0.25, 0.3) is 0 Å². The number of amides is 2. The Morgan fingerprint density at radius 1 is 1.24 bits per heavy atom. The van der Waals surface area contributed by atoms with Gasteiger partial charge in [-0.3, -0.25) is 9.59 Å². The Bertz CT molecular complexity index is 785. The molecule has 0 radical (unpaired) electrons. The molecule has 9 heteroatoms. The van der Waals surface area contributed by atoms with Crippen molar-refractivity contribution in [3.63, 3.8) is 0 Å². The maximum absolute atomic E-state index is 13.4. The minimum Gasteiger partial charge on any atom is -0.376 e. The zero-order valence-electron chi connectivity index (χ0n) is 16.3. The number of hydrogen-bond donors (Lipinski definition) is 1. The van der Waals surface area contributed by atoms with Crippen LogP contribution in [0.15, 0.2) is 22.9 Å². The van der Waals surface area contributed by atoms with Crippen molar-refractivity contribution in [3.8, 4) is 0 Å². The Hall–Kier alpha value is -1.84. The number of carbonyl (C=O) groups excluding carboxylic acids is 2. The van der Waals surface area contributed by atoms with Gasteiger partial charge in [0.2, 0.25) is 5.91 Å². The number of nitrogens with zero attached hydrogens (tertiary/aromatic N) is 3. The molecule has 2 fully saturated rings. The molecule has 0 unspecified atom stereocenters. The summed E-state index contributed by atoms with van der Waals surface area (Å²) in [5.41, 5.74) is 0.278. The largest absolute Gasteiger partial charge is 0.376 e. The van der Waals surface area contributed by atoms with Crippen LogP contribution in [0.2, 0.25) is 0 Å². The first-order chi connectivity index (χ1) is 14.2. The molecule has 0 aromatic carbocycles. The van der Waals surface area contributed by atoms with Gasteiger partial charge in [-0.05, 0) is 48.7 Å². The van der Waals surface area contributed by atoms with Crippen LogP contribution in [-0.4, -0.2) is 51.6 Å². The number of rotatable bonds is 7. The molecule has 1 aliphatic heterocycles. The molecule has 2 aromatic heterocycles. The maximum Gasteiger partial charge on any atom is 0.276 e. The van der Waals surface area contributed by atoms with Crippen LogP contribution in [0.5, 0.6) is 0 Å². The Balaban J connectivity index is 1.61. The summed E-state index contributed by atoms with van der Waals surface area (Å²) in [5, 5.41) is 10.7. The summed E-state index contributed by atoms with van der Waals surface area (Å²) < 4.78 is 9.63. The summed E-state index contributed by atoms with van der Waals surface area (Å²) in [7, 11) is 0.